The molecular formula is C17H13N3O2S. The number of para-hydroxylation sites is 2. The van der Waals surface area contributed by atoms with Crippen molar-refractivity contribution in [2.75, 3.05) is 10.6 Å². The predicted octanol–water partition coefficient (Wildman–Crippen LogP) is 3.36. The van der Waals surface area contributed by atoms with E-state index in [2.05, 4.69) is 15.6 Å². The summed E-state index contributed by atoms with van der Waals surface area (Å²) in [6.45, 7) is 0. The molecule has 1 aromatic heterocycles. The molecule has 2 N–H and O–H groups in total. The first-order valence-electron chi connectivity index (χ1n) is 7.26. The van der Waals surface area contributed by atoms with Gasteiger partial charge in [0.15, 0.2) is 5.13 Å². The molecular weight excluding hydrogens is 310 g/mol. The molecule has 3 aromatic rings. The van der Waals surface area contributed by atoms with Crippen LogP contribution in [0.25, 0.3) is 10.2 Å². The van der Waals surface area contributed by atoms with E-state index in [1.54, 1.807) is 0 Å². The Labute approximate surface area is 136 Å². The number of carbonyl (C=O) groups is 2. The number of carbonyl (C=O) groups excluding carboxylic acids is 2. The van der Waals surface area contributed by atoms with E-state index < -0.39 is 5.92 Å². The highest BCUT2D eigenvalue weighted by atomic mass is 32.1. The molecule has 114 valence electrons. The third-order valence-corrected chi connectivity index (χ3v) is 4.79. The fraction of sp³-hybridized carbons (Fsp3) is 0.118. The predicted molar refractivity (Wildman–Crippen MR) is 90.7 cm³/mol. The Bertz CT molecular complexity index is 886. The van der Waals surface area contributed by atoms with Crippen molar-refractivity contribution in [2.45, 2.75) is 12.3 Å². The number of fused-ring (bicyclic) bond motifs is 2. The normalized spacial score (nSPS) is 16.7. The van der Waals surface area contributed by atoms with E-state index in [-0.39, 0.29) is 18.2 Å². The van der Waals surface area contributed by atoms with Gasteiger partial charge in [-0.15, -0.1) is 0 Å². The summed E-state index contributed by atoms with van der Waals surface area (Å²) >= 11 is 1.43. The molecule has 0 radical (unpaired) electrons. The molecule has 2 aromatic carbocycles. The van der Waals surface area contributed by atoms with Crippen LogP contribution in [0, 0.1) is 0 Å². The van der Waals surface area contributed by atoms with Gasteiger partial charge in [-0.25, -0.2) is 4.98 Å². The van der Waals surface area contributed by atoms with Crippen molar-refractivity contribution >= 4 is 44.2 Å². The van der Waals surface area contributed by atoms with E-state index in [9.17, 15) is 9.59 Å². The summed E-state index contributed by atoms with van der Waals surface area (Å²) in [6, 6.07) is 15.1. The minimum atomic E-state index is -0.494. The molecule has 1 atom stereocenters. The van der Waals surface area contributed by atoms with E-state index in [0.29, 0.717) is 10.8 Å². The van der Waals surface area contributed by atoms with Gasteiger partial charge in [0.2, 0.25) is 11.8 Å². The van der Waals surface area contributed by atoms with Crippen molar-refractivity contribution in [3.63, 3.8) is 0 Å². The number of benzene rings is 2. The molecule has 1 aliphatic heterocycles. The second kappa shape index (κ2) is 5.48. The second-order valence-corrected chi connectivity index (χ2v) is 6.40. The van der Waals surface area contributed by atoms with Crippen LogP contribution in [-0.2, 0) is 9.59 Å². The van der Waals surface area contributed by atoms with Crippen LogP contribution in [0.1, 0.15) is 17.9 Å². The lowest BCUT2D eigenvalue weighted by Crippen LogP contribution is -2.30. The number of aromatic nitrogens is 1. The molecule has 0 bridgehead atoms. The molecule has 0 fully saturated rings. The molecule has 5 nitrogen and oxygen atoms in total. The average Bonchev–Trinajstić information content (AvgIpc) is 2.96. The highest BCUT2D eigenvalue weighted by Crippen LogP contribution is 2.33. The van der Waals surface area contributed by atoms with Crippen LogP contribution in [-0.4, -0.2) is 16.8 Å². The summed E-state index contributed by atoms with van der Waals surface area (Å²) in [5.74, 6) is -0.841. The van der Waals surface area contributed by atoms with Crippen LogP contribution < -0.4 is 10.6 Å². The van der Waals surface area contributed by atoms with E-state index in [4.69, 9.17) is 0 Å². The van der Waals surface area contributed by atoms with Crippen molar-refractivity contribution in [1.82, 2.24) is 4.98 Å². The number of nitrogens with one attached hydrogen (secondary N) is 2. The Morgan fingerprint density at radius 3 is 2.83 bits per heavy atom. The zero-order valence-electron chi connectivity index (χ0n) is 12.1. The maximum atomic E-state index is 12.6. The van der Waals surface area contributed by atoms with Crippen molar-refractivity contribution in [1.29, 1.82) is 0 Å². The first-order chi connectivity index (χ1) is 11.2. The number of amides is 2. The van der Waals surface area contributed by atoms with E-state index in [1.807, 2.05) is 48.5 Å². The SMILES string of the molecule is O=C1CC(C(=O)Nc2nc3ccccc3s2)c2ccccc2N1. The fourth-order valence-electron chi connectivity index (χ4n) is 2.76. The molecule has 0 saturated carbocycles. The van der Waals surface area contributed by atoms with Crippen LogP contribution in [0.3, 0.4) is 0 Å². The monoisotopic (exact) mass is 323 g/mol. The number of hydrogen-bond donors (Lipinski definition) is 2. The van der Waals surface area contributed by atoms with Gasteiger partial charge in [-0.1, -0.05) is 41.7 Å². The minimum Gasteiger partial charge on any atom is -0.326 e. The topological polar surface area (TPSA) is 71.1 Å². The lowest BCUT2D eigenvalue weighted by atomic mass is 9.90. The number of rotatable bonds is 2. The van der Waals surface area contributed by atoms with Crippen molar-refractivity contribution in [2.24, 2.45) is 0 Å². The van der Waals surface area contributed by atoms with Gasteiger partial charge >= 0.3 is 0 Å². The van der Waals surface area contributed by atoms with Gasteiger partial charge in [-0.2, -0.15) is 0 Å². The Hall–Kier alpha value is -2.73. The third kappa shape index (κ3) is 2.57. The number of thiazole rings is 1. The quantitative estimate of drug-likeness (QED) is 0.759. The standard InChI is InChI=1S/C17H13N3O2S/c21-15-9-11(10-5-1-2-6-12(10)18-15)16(22)20-17-19-13-7-3-4-8-14(13)23-17/h1-8,11H,9H2,(H,18,21)(H,19,20,22). The molecule has 0 aliphatic carbocycles. The zero-order valence-corrected chi connectivity index (χ0v) is 12.9. The number of anilines is 2. The molecule has 0 spiro atoms. The van der Waals surface area contributed by atoms with E-state index in [0.717, 1.165) is 15.8 Å². The molecule has 1 unspecified atom stereocenters. The van der Waals surface area contributed by atoms with Crippen molar-refractivity contribution in [3.05, 3.63) is 54.1 Å². The van der Waals surface area contributed by atoms with Gasteiger partial charge < -0.3 is 10.6 Å². The minimum absolute atomic E-state index is 0.145. The Balaban J connectivity index is 1.63. The van der Waals surface area contributed by atoms with Crippen LogP contribution >= 0.6 is 11.3 Å². The lowest BCUT2D eigenvalue weighted by Gasteiger charge is -2.24. The van der Waals surface area contributed by atoms with Gasteiger partial charge in [0.05, 0.1) is 16.1 Å². The lowest BCUT2D eigenvalue weighted by molar-refractivity contribution is -0.123. The summed E-state index contributed by atoms with van der Waals surface area (Å²) in [5, 5.41) is 6.20. The summed E-state index contributed by atoms with van der Waals surface area (Å²) in [5.41, 5.74) is 2.40. The smallest absolute Gasteiger partial charge is 0.234 e. The van der Waals surface area contributed by atoms with Crippen LogP contribution in [0.15, 0.2) is 48.5 Å². The average molecular weight is 323 g/mol. The molecule has 2 heterocycles. The van der Waals surface area contributed by atoms with Crippen LogP contribution in [0.4, 0.5) is 10.8 Å². The largest absolute Gasteiger partial charge is 0.326 e. The van der Waals surface area contributed by atoms with Crippen LogP contribution in [0.5, 0.6) is 0 Å². The Kier molecular flexibility index (Phi) is 3.31. The van der Waals surface area contributed by atoms with E-state index in [1.165, 1.54) is 11.3 Å². The summed E-state index contributed by atoms with van der Waals surface area (Å²) < 4.78 is 1.02. The van der Waals surface area contributed by atoms with Gasteiger partial charge in [0.25, 0.3) is 0 Å². The molecule has 2 amide bonds. The Morgan fingerprint density at radius 2 is 1.96 bits per heavy atom. The molecule has 1 aliphatic rings. The van der Waals surface area contributed by atoms with Gasteiger partial charge in [0.1, 0.15) is 0 Å². The first kappa shape index (κ1) is 13.9. The fourth-order valence-corrected chi connectivity index (χ4v) is 3.63. The van der Waals surface area contributed by atoms with Crippen molar-refractivity contribution < 1.29 is 9.59 Å². The molecule has 0 saturated heterocycles. The highest BCUT2D eigenvalue weighted by Gasteiger charge is 2.30. The summed E-state index contributed by atoms with van der Waals surface area (Å²) in [4.78, 5) is 28.9. The number of nitrogens with zero attached hydrogens (tertiary/aromatic N) is 1. The van der Waals surface area contributed by atoms with Crippen molar-refractivity contribution in [3.8, 4) is 0 Å². The van der Waals surface area contributed by atoms with Crippen LogP contribution in [0.2, 0.25) is 0 Å². The summed E-state index contributed by atoms with van der Waals surface area (Å²) in [6.07, 6.45) is 0.147. The summed E-state index contributed by atoms with van der Waals surface area (Å²) in [7, 11) is 0. The first-order valence-corrected chi connectivity index (χ1v) is 8.07. The maximum Gasteiger partial charge on any atom is 0.234 e. The van der Waals surface area contributed by atoms with Gasteiger partial charge in [-0.3, -0.25) is 9.59 Å². The molecule has 23 heavy (non-hydrogen) atoms. The Morgan fingerprint density at radius 1 is 1.17 bits per heavy atom. The third-order valence-electron chi connectivity index (χ3n) is 3.84. The second-order valence-electron chi connectivity index (χ2n) is 5.37. The van der Waals surface area contributed by atoms with E-state index >= 15 is 0 Å². The van der Waals surface area contributed by atoms with Gasteiger partial charge in [0, 0.05) is 12.1 Å². The highest BCUT2D eigenvalue weighted by molar-refractivity contribution is 7.22. The maximum absolute atomic E-state index is 12.6. The van der Waals surface area contributed by atoms with Gasteiger partial charge in [-0.05, 0) is 23.8 Å². The zero-order chi connectivity index (χ0) is 15.8. The molecule has 6 heteroatoms. The molecule has 4 rings (SSSR count). The number of hydrogen-bond acceptors (Lipinski definition) is 4.